The molecule has 0 bridgehead atoms. The highest BCUT2D eigenvalue weighted by molar-refractivity contribution is 5.83. The number of fused-ring (bicyclic) bond motifs is 1. The van der Waals surface area contributed by atoms with Gasteiger partial charge in [0, 0.05) is 48.4 Å². The van der Waals surface area contributed by atoms with Gasteiger partial charge in [-0.15, -0.1) is 0 Å². The number of rotatable bonds is 8. The van der Waals surface area contributed by atoms with E-state index in [0.717, 1.165) is 33.3 Å². The predicted molar refractivity (Wildman–Crippen MR) is 123 cm³/mol. The van der Waals surface area contributed by atoms with E-state index in [9.17, 15) is 9.90 Å². The van der Waals surface area contributed by atoms with Gasteiger partial charge in [-0.05, 0) is 47.4 Å². The van der Waals surface area contributed by atoms with E-state index in [1.54, 1.807) is 24.8 Å². The lowest BCUT2D eigenvalue weighted by Gasteiger charge is -2.18. The fourth-order valence-corrected chi connectivity index (χ4v) is 3.47. The molecule has 3 heterocycles. The van der Waals surface area contributed by atoms with E-state index in [1.807, 2.05) is 60.8 Å². The van der Waals surface area contributed by atoms with Gasteiger partial charge in [-0.25, -0.2) is 4.79 Å². The highest BCUT2D eigenvalue weighted by atomic mass is 16.4. The van der Waals surface area contributed by atoms with Crippen LogP contribution in [0.5, 0.6) is 0 Å². The van der Waals surface area contributed by atoms with Crippen LogP contribution in [-0.2, 0) is 6.42 Å². The molecule has 4 aromatic rings. The van der Waals surface area contributed by atoms with E-state index in [0.29, 0.717) is 13.0 Å². The van der Waals surface area contributed by atoms with Gasteiger partial charge in [-0.1, -0.05) is 30.4 Å². The lowest BCUT2D eigenvalue weighted by Crippen LogP contribution is -2.40. The highest BCUT2D eigenvalue weighted by Crippen LogP contribution is 2.19. The monoisotopic (exact) mass is 413 g/mol. The fraction of sp³-hybridized carbons (Fsp3) is 0.125. The molecule has 1 atom stereocenters. The summed E-state index contributed by atoms with van der Waals surface area (Å²) < 4.78 is 0. The van der Waals surface area contributed by atoms with Crippen LogP contribution in [0.25, 0.3) is 23.1 Å². The minimum Gasteiger partial charge on any atom is -0.465 e. The molecule has 156 valence electrons. The van der Waals surface area contributed by atoms with Crippen LogP contribution >= 0.6 is 0 Å². The van der Waals surface area contributed by atoms with Crippen molar-refractivity contribution in [3.63, 3.8) is 0 Å². The molecule has 0 saturated carbocycles. The molecule has 0 aliphatic carbocycles. The van der Waals surface area contributed by atoms with E-state index >= 15 is 0 Å². The number of hydrogen-bond donors (Lipinski definition) is 4. The van der Waals surface area contributed by atoms with Gasteiger partial charge in [0.1, 0.15) is 0 Å². The van der Waals surface area contributed by atoms with Crippen LogP contribution in [0.15, 0.2) is 73.4 Å². The molecule has 1 amide bonds. The molecule has 0 aliphatic rings. The first-order valence-corrected chi connectivity index (χ1v) is 9.99. The van der Waals surface area contributed by atoms with Crippen LogP contribution in [0, 0.1) is 0 Å². The first kappa shape index (κ1) is 20.2. The summed E-state index contributed by atoms with van der Waals surface area (Å²) in [5.74, 6) is 0. The zero-order valence-corrected chi connectivity index (χ0v) is 16.8. The lowest BCUT2D eigenvalue weighted by atomic mass is 10.0. The number of hydrogen-bond acceptors (Lipinski definition) is 4. The smallest absolute Gasteiger partial charge is 0.404 e. The second kappa shape index (κ2) is 9.58. The summed E-state index contributed by atoms with van der Waals surface area (Å²) in [5, 5.41) is 16.3. The number of pyridine rings is 2. The Morgan fingerprint density at radius 3 is 2.71 bits per heavy atom. The molecule has 0 unspecified atom stereocenters. The van der Waals surface area contributed by atoms with Gasteiger partial charge in [0.15, 0.2) is 0 Å². The lowest BCUT2D eigenvalue weighted by molar-refractivity contribution is 0.190. The van der Waals surface area contributed by atoms with E-state index in [2.05, 4.69) is 25.6 Å². The Kier molecular flexibility index (Phi) is 6.23. The summed E-state index contributed by atoms with van der Waals surface area (Å²) in [4.78, 5) is 22.9. The van der Waals surface area contributed by atoms with Crippen molar-refractivity contribution < 1.29 is 9.90 Å². The Hall–Kier alpha value is -4.13. The number of H-pyrrole nitrogens is 1. The van der Waals surface area contributed by atoms with E-state index in [-0.39, 0.29) is 6.04 Å². The van der Waals surface area contributed by atoms with Crippen molar-refractivity contribution in [3.05, 3.63) is 90.1 Å². The average molecular weight is 413 g/mol. The van der Waals surface area contributed by atoms with Crippen molar-refractivity contribution in [1.82, 2.24) is 20.3 Å². The van der Waals surface area contributed by atoms with Gasteiger partial charge >= 0.3 is 6.09 Å². The Morgan fingerprint density at radius 2 is 1.87 bits per heavy atom. The second-order valence-electron chi connectivity index (χ2n) is 7.21. The average Bonchev–Trinajstić information content (AvgIpc) is 3.20. The van der Waals surface area contributed by atoms with Crippen LogP contribution < -0.4 is 10.6 Å². The van der Waals surface area contributed by atoms with Crippen LogP contribution in [0.1, 0.15) is 16.7 Å². The molecule has 0 saturated heterocycles. The molecule has 4 N–H and O–H groups in total. The number of amides is 1. The van der Waals surface area contributed by atoms with Gasteiger partial charge in [-0.2, -0.15) is 0 Å². The molecule has 3 aromatic heterocycles. The Labute approximate surface area is 179 Å². The predicted octanol–water partition coefficient (Wildman–Crippen LogP) is 4.42. The normalized spacial score (nSPS) is 12.1. The second-order valence-corrected chi connectivity index (χ2v) is 7.21. The van der Waals surface area contributed by atoms with E-state index in [4.69, 9.17) is 0 Å². The Morgan fingerprint density at radius 1 is 1.06 bits per heavy atom. The van der Waals surface area contributed by atoms with Crippen LogP contribution in [0.4, 0.5) is 10.5 Å². The van der Waals surface area contributed by atoms with E-state index < -0.39 is 6.09 Å². The number of carbonyl (C=O) groups is 1. The van der Waals surface area contributed by atoms with Gasteiger partial charge in [-0.3, -0.25) is 9.97 Å². The minimum atomic E-state index is -1.04. The van der Waals surface area contributed by atoms with Crippen LogP contribution in [0.3, 0.4) is 0 Å². The Balaban J connectivity index is 1.43. The molecule has 4 rings (SSSR count). The zero-order chi connectivity index (χ0) is 21.5. The maximum Gasteiger partial charge on any atom is 0.404 e. The molecule has 31 heavy (non-hydrogen) atoms. The quantitative estimate of drug-likeness (QED) is 0.342. The van der Waals surface area contributed by atoms with Crippen molar-refractivity contribution in [3.8, 4) is 0 Å². The summed E-state index contributed by atoms with van der Waals surface area (Å²) >= 11 is 0. The van der Waals surface area contributed by atoms with Crippen molar-refractivity contribution >= 4 is 34.8 Å². The standard InChI is InChI=1S/C24H23N5O2/c30-24(31)29-21(12-19-14-28-23-4-2-1-3-22(19)23)16-27-20-11-18(13-26-15-20)6-5-17-7-9-25-10-8-17/h1-11,13-15,21,27-29H,12,16H2,(H,30,31)/b6-5+/t21-/m0/s1. The fourth-order valence-electron chi connectivity index (χ4n) is 3.47. The molecular formula is C24H23N5O2. The highest BCUT2D eigenvalue weighted by Gasteiger charge is 2.15. The first-order valence-electron chi connectivity index (χ1n) is 9.99. The van der Waals surface area contributed by atoms with E-state index in [1.165, 1.54) is 0 Å². The summed E-state index contributed by atoms with van der Waals surface area (Å²) in [7, 11) is 0. The van der Waals surface area contributed by atoms with Gasteiger partial charge in [0.25, 0.3) is 0 Å². The molecular weight excluding hydrogens is 390 g/mol. The van der Waals surface area contributed by atoms with Gasteiger partial charge in [0.05, 0.1) is 11.7 Å². The summed E-state index contributed by atoms with van der Waals surface area (Å²) in [6.45, 7) is 0.436. The summed E-state index contributed by atoms with van der Waals surface area (Å²) in [6, 6.07) is 13.5. The zero-order valence-electron chi connectivity index (χ0n) is 16.8. The molecule has 7 heteroatoms. The van der Waals surface area contributed by atoms with Gasteiger partial charge < -0.3 is 20.7 Å². The molecule has 0 spiro atoms. The summed E-state index contributed by atoms with van der Waals surface area (Å²) in [6.07, 6.45) is 12.4. The van der Waals surface area contributed by atoms with Crippen molar-refractivity contribution in [2.75, 3.05) is 11.9 Å². The number of aromatic nitrogens is 3. The minimum absolute atomic E-state index is 0.298. The molecule has 1 aromatic carbocycles. The Bertz CT molecular complexity index is 1190. The maximum atomic E-state index is 11.3. The van der Waals surface area contributed by atoms with Crippen molar-refractivity contribution in [2.24, 2.45) is 0 Å². The number of nitrogens with one attached hydrogen (secondary N) is 3. The van der Waals surface area contributed by atoms with Gasteiger partial charge in [0.2, 0.25) is 0 Å². The third-order valence-corrected chi connectivity index (χ3v) is 4.96. The number of nitrogens with zero attached hydrogens (tertiary/aromatic N) is 2. The third-order valence-electron chi connectivity index (χ3n) is 4.96. The number of aromatic amines is 1. The topological polar surface area (TPSA) is 103 Å². The SMILES string of the molecule is O=C(O)N[C@H](CNc1cncc(/C=C/c2ccncc2)c1)Cc1c[nH]c2ccccc12. The molecule has 0 radical (unpaired) electrons. The van der Waals surface area contributed by atoms with Crippen molar-refractivity contribution in [1.29, 1.82) is 0 Å². The number of benzene rings is 1. The molecule has 7 nitrogen and oxygen atoms in total. The van der Waals surface area contributed by atoms with Crippen molar-refractivity contribution in [2.45, 2.75) is 12.5 Å². The maximum absolute atomic E-state index is 11.3. The number of carboxylic acid groups (broad SMARTS) is 1. The number of anilines is 1. The first-order chi connectivity index (χ1) is 15.2. The molecule has 0 aliphatic heterocycles. The van der Waals surface area contributed by atoms with Crippen LogP contribution in [-0.4, -0.2) is 38.7 Å². The third kappa shape index (κ3) is 5.48. The number of para-hydroxylation sites is 1. The summed E-state index contributed by atoms with van der Waals surface area (Å²) in [5.41, 5.74) is 4.94. The largest absolute Gasteiger partial charge is 0.465 e. The molecule has 0 fully saturated rings. The van der Waals surface area contributed by atoms with Crippen LogP contribution in [0.2, 0.25) is 0 Å².